The van der Waals surface area contributed by atoms with Gasteiger partial charge < -0.3 is 0 Å². The topological polar surface area (TPSA) is 0 Å². The molecule has 0 heteroatoms. The first-order valence-corrected chi connectivity index (χ1v) is 5.86. The molecular formula is C12H22. The van der Waals surface area contributed by atoms with E-state index in [9.17, 15) is 0 Å². The molecule has 0 radical (unpaired) electrons. The van der Waals surface area contributed by atoms with Crippen LogP contribution in [0.2, 0.25) is 0 Å². The van der Waals surface area contributed by atoms with Crippen molar-refractivity contribution in [1.29, 1.82) is 0 Å². The van der Waals surface area contributed by atoms with Crippen molar-refractivity contribution < 1.29 is 0 Å². The molecule has 12 heavy (non-hydrogen) atoms. The lowest BCUT2D eigenvalue weighted by Gasteiger charge is -2.27. The van der Waals surface area contributed by atoms with Gasteiger partial charge in [0.1, 0.15) is 0 Å². The first-order chi connectivity index (χ1) is 5.86. The lowest BCUT2D eigenvalue weighted by Crippen LogP contribution is -2.15. The summed E-state index contributed by atoms with van der Waals surface area (Å²) in [7, 11) is 0. The molecule has 2 aliphatic rings. The van der Waals surface area contributed by atoms with Crippen molar-refractivity contribution in [3.63, 3.8) is 0 Å². The first-order valence-electron chi connectivity index (χ1n) is 5.86. The zero-order valence-corrected chi connectivity index (χ0v) is 8.39. The summed E-state index contributed by atoms with van der Waals surface area (Å²) in [6, 6.07) is 0. The summed E-state index contributed by atoms with van der Waals surface area (Å²) in [5, 5.41) is 0. The highest BCUT2D eigenvalue weighted by molar-refractivity contribution is 4.80. The van der Waals surface area contributed by atoms with Crippen LogP contribution < -0.4 is 0 Å². The second kappa shape index (κ2) is 3.81. The molecule has 0 aromatic rings. The summed E-state index contributed by atoms with van der Waals surface area (Å²) >= 11 is 0. The van der Waals surface area contributed by atoms with Crippen LogP contribution in [-0.4, -0.2) is 0 Å². The smallest absolute Gasteiger partial charge is 0.0383 e. The maximum atomic E-state index is 2.43. The second-order valence-electron chi connectivity index (χ2n) is 5.08. The van der Waals surface area contributed by atoms with Gasteiger partial charge in [-0.1, -0.05) is 45.4 Å². The lowest BCUT2D eigenvalue weighted by molar-refractivity contribution is 0.247. The predicted molar refractivity (Wildman–Crippen MR) is 53.1 cm³/mol. The average molecular weight is 166 g/mol. The van der Waals surface area contributed by atoms with E-state index in [0.29, 0.717) is 0 Å². The van der Waals surface area contributed by atoms with Gasteiger partial charge in [0.2, 0.25) is 0 Å². The van der Waals surface area contributed by atoms with Crippen LogP contribution in [0.15, 0.2) is 0 Å². The molecule has 0 aromatic heterocycles. The van der Waals surface area contributed by atoms with E-state index in [0.717, 1.165) is 17.8 Å². The summed E-state index contributed by atoms with van der Waals surface area (Å²) in [4.78, 5) is 0. The molecule has 0 aromatic carbocycles. The van der Waals surface area contributed by atoms with E-state index in [1.807, 2.05) is 0 Å². The largest absolute Gasteiger partial charge is 0.0625 e. The van der Waals surface area contributed by atoms with Crippen LogP contribution >= 0.6 is 0 Å². The summed E-state index contributed by atoms with van der Waals surface area (Å²) in [6.45, 7) is 2.43. The fourth-order valence-electron chi connectivity index (χ4n) is 3.28. The highest BCUT2D eigenvalue weighted by Crippen LogP contribution is 2.41. The van der Waals surface area contributed by atoms with Gasteiger partial charge in [0.05, 0.1) is 0 Å². The van der Waals surface area contributed by atoms with E-state index in [1.54, 1.807) is 25.7 Å². The van der Waals surface area contributed by atoms with E-state index >= 15 is 0 Å². The van der Waals surface area contributed by atoms with E-state index in [-0.39, 0.29) is 0 Å². The zero-order chi connectivity index (χ0) is 8.39. The van der Waals surface area contributed by atoms with Crippen LogP contribution in [0.4, 0.5) is 0 Å². The Bertz CT molecular complexity index is 130. The lowest BCUT2D eigenvalue weighted by atomic mass is 9.79. The fraction of sp³-hybridized carbons (Fsp3) is 1.00. The molecule has 0 aliphatic heterocycles. The molecule has 70 valence electrons. The molecule has 0 spiro atoms. The number of rotatable bonds is 1. The molecule has 0 nitrogen and oxygen atoms in total. The van der Waals surface area contributed by atoms with Crippen molar-refractivity contribution in [2.45, 2.75) is 58.3 Å². The minimum atomic E-state index is 1.04. The molecule has 0 heterocycles. The summed E-state index contributed by atoms with van der Waals surface area (Å²) in [5.41, 5.74) is 0. The van der Waals surface area contributed by atoms with Gasteiger partial charge in [-0.25, -0.2) is 0 Å². The van der Waals surface area contributed by atoms with Crippen molar-refractivity contribution in [1.82, 2.24) is 0 Å². The van der Waals surface area contributed by atoms with Gasteiger partial charge in [-0.15, -0.1) is 0 Å². The standard InChI is InChI=1S/C12H22/c1-10-7-8-12(9-10)11-5-3-2-4-6-11/h10-12H,2-9H2,1H3. The molecule has 2 rings (SSSR count). The van der Waals surface area contributed by atoms with Crippen molar-refractivity contribution in [3.05, 3.63) is 0 Å². The normalized spacial score (nSPS) is 38.8. The summed E-state index contributed by atoms with van der Waals surface area (Å²) < 4.78 is 0. The highest BCUT2D eigenvalue weighted by atomic mass is 14.3. The third kappa shape index (κ3) is 1.84. The minimum Gasteiger partial charge on any atom is -0.0625 e. The SMILES string of the molecule is CC1CCC(C2CCCCC2)C1. The van der Waals surface area contributed by atoms with Gasteiger partial charge in [0.15, 0.2) is 0 Å². The fourth-order valence-corrected chi connectivity index (χ4v) is 3.28. The molecule has 0 bridgehead atoms. The third-order valence-corrected chi connectivity index (χ3v) is 4.05. The van der Waals surface area contributed by atoms with Crippen LogP contribution in [0, 0.1) is 17.8 Å². The minimum absolute atomic E-state index is 1.04. The molecular weight excluding hydrogens is 144 g/mol. The van der Waals surface area contributed by atoms with Crippen molar-refractivity contribution in [2.24, 2.45) is 17.8 Å². The maximum absolute atomic E-state index is 2.43. The van der Waals surface area contributed by atoms with Gasteiger partial charge in [0.25, 0.3) is 0 Å². The van der Waals surface area contributed by atoms with Crippen LogP contribution in [-0.2, 0) is 0 Å². The maximum Gasteiger partial charge on any atom is -0.0383 e. The monoisotopic (exact) mass is 166 g/mol. The molecule has 2 saturated carbocycles. The van der Waals surface area contributed by atoms with E-state index in [4.69, 9.17) is 0 Å². The molecule has 2 fully saturated rings. The van der Waals surface area contributed by atoms with Crippen LogP contribution in [0.1, 0.15) is 58.3 Å². The van der Waals surface area contributed by atoms with Gasteiger partial charge in [-0.2, -0.15) is 0 Å². The molecule has 2 unspecified atom stereocenters. The van der Waals surface area contributed by atoms with Crippen molar-refractivity contribution >= 4 is 0 Å². The van der Waals surface area contributed by atoms with Gasteiger partial charge in [-0.05, 0) is 30.6 Å². The Hall–Kier alpha value is 0. The molecule has 0 N–H and O–H groups in total. The zero-order valence-electron chi connectivity index (χ0n) is 8.39. The Morgan fingerprint density at radius 2 is 1.50 bits per heavy atom. The second-order valence-corrected chi connectivity index (χ2v) is 5.08. The van der Waals surface area contributed by atoms with Gasteiger partial charge in [-0.3, -0.25) is 0 Å². The van der Waals surface area contributed by atoms with E-state index in [1.165, 1.54) is 25.7 Å². The van der Waals surface area contributed by atoms with Crippen LogP contribution in [0.5, 0.6) is 0 Å². The Labute approximate surface area is 76.7 Å². The van der Waals surface area contributed by atoms with E-state index in [2.05, 4.69) is 6.92 Å². The number of hydrogen-bond donors (Lipinski definition) is 0. The Kier molecular flexibility index (Phi) is 2.73. The van der Waals surface area contributed by atoms with Crippen LogP contribution in [0.25, 0.3) is 0 Å². The van der Waals surface area contributed by atoms with Crippen molar-refractivity contribution in [2.75, 3.05) is 0 Å². The molecule has 2 aliphatic carbocycles. The average Bonchev–Trinajstić information content (AvgIpc) is 2.54. The Balaban J connectivity index is 1.83. The van der Waals surface area contributed by atoms with Gasteiger partial charge in [0, 0.05) is 0 Å². The number of hydrogen-bond acceptors (Lipinski definition) is 0. The van der Waals surface area contributed by atoms with E-state index < -0.39 is 0 Å². The molecule has 0 amide bonds. The third-order valence-electron chi connectivity index (χ3n) is 4.05. The summed E-state index contributed by atoms with van der Waals surface area (Å²) in [6.07, 6.45) is 12.3. The Morgan fingerprint density at radius 1 is 0.750 bits per heavy atom. The summed E-state index contributed by atoms with van der Waals surface area (Å²) in [5.74, 6) is 3.29. The van der Waals surface area contributed by atoms with Crippen LogP contribution in [0.3, 0.4) is 0 Å². The van der Waals surface area contributed by atoms with Gasteiger partial charge >= 0.3 is 0 Å². The molecule has 0 saturated heterocycles. The highest BCUT2D eigenvalue weighted by Gasteiger charge is 2.29. The predicted octanol–water partition coefficient (Wildman–Crippen LogP) is 4.00. The molecule has 2 atom stereocenters. The first kappa shape index (κ1) is 8.59. The van der Waals surface area contributed by atoms with Crippen molar-refractivity contribution in [3.8, 4) is 0 Å². The Morgan fingerprint density at radius 3 is 2.08 bits per heavy atom. The quantitative estimate of drug-likeness (QED) is 0.552.